The van der Waals surface area contributed by atoms with Crippen LogP contribution < -0.4 is 19.5 Å². The molecule has 1 amide bonds. The molecule has 0 bridgehead atoms. The van der Waals surface area contributed by atoms with E-state index in [9.17, 15) is 4.79 Å². The van der Waals surface area contributed by atoms with Gasteiger partial charge in [0.1, 0.15) is 5.75 Å². The van der Waals surface area contributed by atoms with Crippen molar-refractivity contribution < 1.29 is 19.0 Å². The number of benzene rings is 1. The van der Waals surface area contributed by atoms with Crippen molar-refractivity contribution in [3.05, 3.63) is 12.1 Å². The highest BCUT2D eigenvalue weighted by atomic mass is 16.5. The van der Waals surface area contributed by atoms with Gasteiger partial charge in [-0.15, -0.1) is 0 Å². The van der Waals surface area contributed by atoms with Gasteiger partial charge in [0.15, 0.2) is 17.6 Å². The molecule has 0 spiro atoms. The number of ether oxygens (including phenoxy) is 3. The lowest BCUT2D eigenvalue weighted by Gasteiger charge is -2.13. The van der Waals surface area contributed by atoms with Gasteiger partial charge in [0.05, 0.1) is 27.0 Å². The van der Waals surface area contributed by atoms with Crippen LogP contribution in [-0.2, 0) is 4.79 Å². The Morgan fingerprint density at radius 2 is 1.65 bits per heavy atom. The third-order valence-electron chi connectivity index (χ3n) is 2.06. The van der Waals surface area contributed by atoms with E-state index >= 15 is 0 Å². The van der Waals surface area contributed by atoms with Crippen LogP contribution >= 0.6 is 0 Å². The number of carbonyl (C=O) groups is 1. The molecule has 0 unspecified atom stereocenters. The minimum Gasteiger partial charge on any atom is -0.494 e. The zero-order valence-electron chi connectivity index (χ0n) is 9.73. The Labute approximate surface area is 98.7 Å². The molecule has 17 heavy (non-hydrogen) atoms. The molecular weight excluding hydrogens is 224 g/mol. The average molecular weight is 236 g/mol. The number of nitrogens with one attached hydrogen (secondary N) is 1. The van der Waals surface area contributed by atoms with Crippen molar-refractivity contribution in [2.24, 2.45) is 0 Å². The summed E-state index contributed by atoms with van der Waals surface area (Å²) in [6.45, 7) is 0. The fraction of sp³-hybridized carbons (Fsp3) is 0.273. The first-order valence-electron chi connectivity index (χ1n) is 4.67. The van der Waals surface area contributed by atoms with E-state index in [1.54, 1.807) is 6.07 Å². The molecule has 1 aromatic rings. The van der Waals surface area contributed by atoms with E-state index in [0.29, 0.717) is 22.9 Å². The second-order valence-corrected chi connectivity index (χ2v) is 2.97. The van der Waals surface area contributed by atoms with Gasteiger partial charge >= 0.3 is 5.91 Å². The van der Waals surface area contributed by atoms with Crippen LogP contribution in [0.3, 0.4) is 0 Å². The summed E-state index contributed by atoms with van der Waals surface area (Å²) >= 11 is 0. The Hall–Kier alpha value is -2.42. The van der Waals surface area contributed by atoms with Crippen molar-refractivity contribution in [1.82, 2.24) is 0 Å². The molecule has 6 nitrogen and oxygen atoms in total. The van der Waals surface area contributed by atoms with E-state index in [-0.39, 0.29) is 0 Å². The minimum absolute atomic E-state index is 0.344. The number of anilines is 1. The molecule has 0 atom stereocenters. The second kappa shape index (κ2) is 5.61. The zero-order valence-corrected chi connectivity index (χ0v) is 9.73. The average Bonchev–Trinajstić information content (AvgIpc) is 2.37. The summed E-state index contributed by atoms with van der Waals surface area (Å²) in [4.78, 5) is 11.0. The molecule has 0 saturated carbocycles. The maximum Gasteiger partial charge on any atom is 0.326 e. The molecule has 0 aliphatic rings. The maximum absolute atomic E-state index is 11.0. The van der Waals surface area contributed by atoms with E-state index in [1.165, 1.54) is 33.5 Å². The van der Waals surface area contributed by atoms with Crippen LogP contribution in [0.2, 0.25) is 0 Å². The van der Waals surface area contributed by atoms with Gasteiger partial charge in [-0.1, -0.05) is 0 Å². The zero-order chi connectivity index (χ0) is 12.8. The SMILES string of the molecule is COc1cc(OC)c(OC)cc1NC(=O)C#N. The summed E-state index contributed by atoms with van der Waals surface area (Å²) in [5.74, 6) is 0.502. The minimum atomic E-state index is -0.782. The van der Waals surface area contributed by atoms with Crippen molar-refractivity contribution in [2.75, 3.05) is 26.6 Å². The summed E-state index contributed by atoms with van der Waals surface area (Å²) in [6.07, 6.45) is 0. The third-order valence-corrected chi connectivity index (χ3v) is 2.06. The van der Waals surface area contributed by atoms with E-state index in [1.807, 2.05) is 0 Å². The molecule has 0 heterocycles. The predicted octanol–water partition coefficient (Wildman–Crippen LogP) is 1.17. The fourth-order valence-electron chi connectivity index (χ4n) is 1.28. The van der Waals surface area contributed by atoms with Gasteiger partial charge in [-0.25, -0.2) is 0 Å². The molecule has 90 valence electrons. The highest BCUT2D eigenvalue weighted by molar-refractivity contribution is 6.03. The Morgan fingerprint density at radius 3 is 2.12 bits per heavy atom. The van der Waals surface area contributed by atoms with Crippen molar-refractivity contribution in [3.8, 4) is 23.3 Å². The Kier molecular flexibility index (Phi) is 4.17. The Morgan fingerprint density at radius 1 is 1.12 bits per heavy atom. The highest BCUT2D eigenvalue weighted by Gasteiger charge is 2.13. The summed E-state index contributed by atoms with van der Waals surface area (Å²) < 4.78 is 15.2. The smallest absolute Gasteiger partial charge is 0.326 e. The van der Waals surface area contributed by atoms with Gasteiger partial charge in [-0.05, 0) is 0 Å². The first kappa shape index (κ1) is 12.6. The van der Waals surface area contributed by atoms with Crippen LogP contribution in [0.15, 0.2) is 12.1 Å². The maximum atomic E-state index is 11.0. The third kappa shape index (κ3) is 2.78. The molecule has 0 aliphatic carbocycles. The molecule has 1 aromatic carbocycles. The van der Waals surface area contributed by atoms with Crippen LogP contribution in [-0.4, -0.2) is 27.2 Å². The number of hydrogen-bond acceptors (Lipinski definition) is 5. The number of nitriles is 1. The largest absolute Gasteiger partial charge is 0.494 e. The number of hydrogen-bond donors (Lipinski definition) is 1. The number of methoxy groups -OCH3 is 3. The standard InChI is InChI=1S/C11H12N2O4/c1-15-8-5-10(17-3)9(16-2)4-7(8)13-11(14)6-12/h4-5H,1-3H3,(H,13,14). The van der Waals surface area contributed by atoms with Crippen LogP contribution in [0, 0.1) is 11.3 Å². The van der Waals surface area contributed by atoms with Gasteiger partial charge in [0, 0.05) is 12.1 Å². The number of carbonyl (C=O) groups excluding carboxylic acids is 1. The van der Waals surface area contributed by atoms with Crippen molar-refractivity contribution >= 4 is 11.6 Å². The topological polar surface area (TPSA) is 80.6 Å². The monoisotopic (exact) mass is 236 g/mol. The molecule has 0 radical (unpaired) electrons. The molecule has 0 aliphatic heterocycles. The lowest BCUT2D eigenvalue weighted by Crippen LogP contribution is -2.09. The molecule has 0 fully saturated rings. The predicted molar refractivity (Wildman–Crippen MR) is 60.3 cm³/mol. The quantitative estimate of drug-likeness (QED) is 0.794. The summed E-state index contributed by atoms with van der Waals surface area (Å²) in [7, 11) is 4.41. The summed E-state index contributed by atoms with van der Waals surface area (Å²) in [5, 5.41) is 10.8. The summed E-state index contributed by atoms with van der Waals surface area (Å²) in [5.41, 5.74) is 0.344. The number of amides is 1. The molecule has 1 N–H and O–H groups in total. The van der Waals surface area contributed by atoms with Gasteiger partial charge in [-0.2, -0.15) is 5.26 Å². The van der Waals surface area contributed by atoms with E-state index in [0.717, 1.165) is 0 Å². The molecule has 1 rings (SSSR count). The summed E-state index contributed by atoms with van der Waals surface area (Å²) in [6, 6.07) is 4.54. The van der Waals surface area contributed by atoms with Gasteiger partial charge in [0.25, 0.3) is 0 Å². The van der Waals surface area contributed by atoms with Gasteiger partial charge in [0.2, 0.25) is 0 Å². The second-order valence-electron chi connectivity index (χ2n) is 2.97. The van der Waals surface area contributed by atoms with Crippen LogP contribution in [0.5, 0.6) is 17.2 Å². The van der Waals surface area contributed by atoms with Crippen molar-refractivity contribution in [2.45, 2.75) is 0 Å². The lowest BCUT2D eigenvalue weighted by molar-refractivity contribution is -0.111. The normalized spacial score (nSPS) is 9.06. The van der Waals surface area contributed by atoms with Crippen molar-refractivity contribution in [3.63, 3.8) is 0 Å². The molecule has 6 heteroatoms. The van der Waals surface area contributed by atoms with E-state index in [2.05, 4.69) is 5.32 Å². The van der Waals surface area contributed by atoms with Crippen LogP contribution in [0.25, 0.3) is 0 Å². The van der Waals surface area contributed by atoms with Crippen molar-refractivity contribution in [1.29, 1.82) is 5.26 Å². The molecular formula is C11H12N2O4. The fourth-order valence-corrected chi connectivity index (χ4v) is 1.28. The van der Waals surface area contributed by atoms with E-state index in [4.69, 9.17) is 19.5 Å². The van der Waals surface area contributed by atoms with Crippen LogP contribution in [0.1, 0.15) is 0 Å². The molecule has 0 aromatic heterocycles. The number of nitrogens with zero attached hydrogens (tertiary/aromatic N) is 1. The van der Waals surface area contributed by atoms with Gasteiger partial charge in [-0.3, -0.25) is 4.79 Å². The first-order chi connectivity index (χ1) is 8.15. The Bertz CT molecular complexity index is 465. The molecule has 0 saturated heterocycles. The van der Waals surface area contributed by atoms with Crippen LogP contribution in [0.4, 0.5) is 5.69 Å². The number of rotatable bonds is 4. The highest BCUT2D eigenvalue weighted by Crippen LogP contribution is 2.37. The van der Waals surface area contributed by atoms with Gasteiger partial charge < -0.3 is 19.5 Å². The Balaban J connectivity index is 3.19. The lowest BCUT2D eigenvalue weighted by atomic mass is 10.2. The van der Waals surface area contributed by atoms with E-state index < -0.39 is 5.91 Å². The first-order valence-corrected chi connectivity index (χ1v) is 4.67.